The van der Waals surface area contributed by atoms with Crippen LogP contribution in [-0.2, 0) is 23.9 Å². The molecule has 0 aliphatic carbocycles. The lowest BCUT2D eigenvalue weighted by Crippen LogP contribution is -2.33. The second-order valence-electron chi connectivity index (χ2n) is 5.61. The Morgan fingerprint density at radius 1 is 1.46 bits per heavy atom. The smallest absolute Gasteiger partial charge is 0.450 e. The van der Waals surface area contributed by atoms with E-state index in [1.165, 1.54) is 0 Å². The average Bonchev–Trinajstić information content (AvgIpc) is 2.85. The number of aromatic nitrogens is 4. The third-order valence-corrected chi connectivity index (χ3v) is 4.19. The fourth-order valence-electron chi connectivity index (χ4n) is 2.70. The van der Waals surface area contributed by atoms with Crippen LogP contribution in [0.1, 0.15) is 36.2 Å². The normalized spacial score (nSPS) is 17.0. The summed E-state index contributed by atoms with van der Waals surface area (Å²) in [6, 6.07) is 0.723. The van der Waals surface area contributed by atoms with Crippen LogP contribution in [0.2, 0.25) is 5.02 Å². The molecule has 1 aliphatic heterocycles. The number of pyridine rings is 1. The highest BCUT2D eigenvalue weighted by molar-refractivity contribution is 6.31. The Balaban J connectivity index is 1.92. The fraction of sp³-hybridized carbons (Fsp3) is 0.429. The van der Waals surface area contributed by atoms with E-state index in [-0.39, 0.29) is 17.3 Å². The number of ether oxygens (including phenoxy) is 1. The van der Waals surface area contributed by atoms with Gasteiger partial charge < -0.3 is 9.84 Å². The van der Waals surface area contributed by atoms with Crippen LogP contribution in [0.3, 0.4) is 0 Å². The number of hydrogen-bond acceptors (Lipinski definition) is 5. The minimum absolute atomic E-state index is 0.0351. The maximum atomic E-state index is 12.7. The first-order chi connectivity index (χ1) is 12.2. The SMILES string of the molecule is O=C(O)O[C@H]1CCCc2nn(Cc3ncc(C(F)(F)F)cc3Cl)c(=O)n21. The molecular weight excluding hydrogens is 381 g/mol. The van der Waals surface area contributed by atoms with Crippen molar-refractivity contribution in [3.05, 3.63) is 44.9 Å². The van der Waals surface area contributed by atoms with Gasteiger partial charge in [0.1, 0.15) is 5.82 Å². The van der Waals surface area contributed by atoms with Crippen LogP contribution in [0.15, 0.2) is 17.1 Å². The van der Waals surface area contributed by atoms with Crippen LogP contribution in [0.5, 0.6) is 0 Å². The van der Waals surface area contributed by atoms with Crippen molar-refractivity contribution in [2.45, 2.75) is 38.2 Å². The van der Waals surface area contributed by atoms with Crippen molar-refractivity contribution < 1.29 is 27.8 Å². The van der Waals surface area contributed by atoms with E-state index in [9.17, 15) is 22.8 Å². The van der Waals surface area contributed by atoms with Crippen LogP contribution >= 0.6 is 11.6 Å². The minimum atomic E-state index is -4.58. The van der Waals surface area contributed by atoms with Crippen molar-refractivity contribution >= 4 is 17.8 Å². The minimum Gasteiger partial charge on any atom is -0.450 e. The monoisotopic (exact) mass is 392 g/mol. The molecule has 26 heavy (non-hydrogen) atoms. The van der Waals surface area contributed by atoms with Crippen molar-refractivity contribution in [3.63, 3.8) is 0 Å². The topological polar surface area (TPSA) is 99.2 Å². The molecule has 12 heteroatoms. The van der Waals surface area contributed by atoms with E-state index in [1.54, 1.807) is 0 Å². The molecule has 140 valence electrons. The highest BCUT2D eigenvalue weighted by Gasteiger charge is 2.32. The van der Waals surface area contributed by atoms with Gasteiger partial charge in [-0.25, -0.2) is 18.8 Å². The van der Waals surface area contributed by atoms with E-state index in [0.717, 1.165) is 15.3 Å². The number of rotatable bonds is 3. The van der Waals surface area contributed by atoms with Crippen molar-refractivity contribution in [2.75, 3.05) is 0 Å². The third-order valence-electron chi connectivity index (χ3n) is 3.86. The quantitative estimate of drug-likeness (QED) is 0.806. The lowest BCUT2D eigenvalue weighted by molar-refractivity contribution is -0.137. The fourth-order valence-corrected chi connectivity index (χ4v) is 2.93. The first-order valence-electron chi connectivity index (χ1n) is 7.46. The molecule has 0 spiro atoms. The van der Waals surface area contributed by atoms with E-state index >= 15 is 0 Å². The summed E-state index contributed by atoms with van der Waals surface area (Å²) in [6.45, 7) is -0.254. The van der Waals surface area contributed by atoms with Gasteiger partial charge in [-0.05, 0) is 12.5 Å². The van der Waals surface area contributed by atoms with Crippen molar-refractivity contribution in [1.82, 2.24) is 19.3 Å². The number of alkyl halides is 3. The van der Waals surface area contributed by atoms with Gasteiger partial charge in [0, 0.05) is 19.0 Å². The van der Waals surface area contributed by atoms with Gasteiger partial charge in [-0.1, -0.05) is 11.6 Å². The lowest BCUT2D eigenvalue weighted by atomic mass is 10.1. The summed E-state index contributed by atoms with van der Waals surface area (Å²) in [4.78, 5) is 26.9. The van der Waals surface area contributed by atoms with Gasteiger partial charge in [0.2, 0.25) is 0 Å². The Labute approximate surface area is 148 Å². The summed E-state index contributed by atoms with van der Waals surface area (Å²) in [5, 5.41) is 12.6. The molecule has 0 unspecified atom stereocenters. The summed E-state index contributed by atoms with van der Waals surface area (Å²) in [6.07, 6.45) is -5.13. The van der Waals surface area contributed by atoms with E-state index in [0.29, 0.717) is 31.3 Å². The molecule has 1 aliphatic rings. The van der Waals surface area contributed by atoms with Gasteiger partial charge in [0.25, 0.3) is 0 Å². The molecule has 0 bridgehead atoms. The molecular formula is C14H12ClF3N4O4. The summed E-state index contributed by atoms with van der Waals surface area (Å²) < 4.78 is 44.8. The van der Waals surface area contributed by atoms with Gasteiger partial charge in [-0.15, -0.1) is 0 Å². The van der Waals surface area contributed by atoms with Crippen molar-refractivity contribution in [1.29, 1.82) is 0 Å². The number of hydrogen-bond donors (Lipinski definition) is 1. The van der Waals surface area contributed by atoms with Gasteiger partial charge in [-0.3, -0.25) is 4.98 Å². The van der Waals surface area contributed by atoms with E-state index < -0.39 is 29.8 Å². The highest BCUT2D eigenvalue weighted by Crippen LogP contribution is 2.31. The van der Waals surface area contributed by atoms with Gasteiger partial charge in [0.05, 0.1) is 22.8 Å². The number of nitrogens with zero attached hydrogens (tertiary/aromatic N) is 4. The molecule has 3 rings (SSSR count). The zero-order chi connectivity index (χ0) is 19.1. The maximum absolute atomic E-state index is 12.7. The van der Waals surface area contributed by atoms with E-state index in [4.69, 9.17) is 21.4 Å². The molecule has 1 N–H and O–H groups in total. The maximum Gasteiger partial charge on any atom is 0.507 e. The van der Waals surface area contributed by atoms with E-state index in [2.05, 4.69) is 10.1 Å². The number of carbonyl (C=O) groups is 1. The molecule has 2 aromatic rings. The molecule has 0 fully saturated rings. The molecule has 0 radical (unpaired) electrons. The van der Waals surface area contributed by atoms with Gasteiger partial charge in [0.15, 0.2) is 6.23 Å². The van der Waals surface area contributed by atoms with Crippen molar-refractivity contribution in [2.24, 2.45) is 0 Å². The van der Waals surface area contributed by atoms with Crippen LogP contribution in [0.25, 0.3) is 0 Å². The second kappa shape index (κ2) is 6.63. The average molecular weight is 393 g/mol. The molecule has 2 aromatic heterocycles. The number of aryl methyl sites for hydroxylation is 1. The molecule has 0 saturated carbocycles. The zero-order valence-electron chi connectivity index (χ0n) is 13.0. The van der Waals surface area contributed by atoms with Gasteiger partial charge >= 0.3 is 18.0 Å². The van der Waals surface area contributed by atoms with E-state index in [1.807, 2.05) is 0 Å². The Bertz CT molecular complexity index is 909. The molecule has 0 saturated heterocycles. The summed E-state index contributed by atoms with van der Waals surface area (Å²) in [5.41, 5.74) is -1.62. The largest absolute Gasteiger partial charge is 0.507 e. The van der Waals surface area contributed by atoms with Crippen LogP contribution in [0.4, 0.5) is 18.0 Å². The highest BCUT2D eigenvalue weighted by atomic mass is 35.5. The van der Waals surface area contributed by atoms with Crippen molar-refractivity contribution in [3.8, 4) is 0 Å². The van der Waals surface area contributed by atoms with Crippen LogP contribution < -0.4 is 5.69 Å². The third kappa shape index (κ3) is 3.52. The standard InChI is InChI=1S/C14H12ClF3N4O4/c15-8-4-7(14(16,17)18)5-19-9(8)6-21-12(23)22-10(20-21)2-1-3-11(22)26-13(24)25/h4-5,11H,1-3,6H2,(H,24,25)/t11-/m0/s1. The second-order valence-corrected chi connectivity index (χ2v) is 6.01. The zero-order valence-corrected chi connectivity index (χ0v) is 13.8. The molecule has 1 atom stereocenters. The Kier molecular flexibility index (Phi) is 4.65. The Hall–Kier alpha value is -2.56. The summed E-state index contributed by atoms with van der Waals surface area (Å²) in [5.74, 6) is 0.329. The number of fused-ring (bicyclic) bond motifs is 1. The molecule has 0 amide bonds. The first-order valence-corrected chi connectivity index (χ1v) is 7.84. The van der Waals surface area contributed by atoms with Crippen LogP contribution in [0, 0.1) is 0 Å². The Morgan fingerprint density at radius 2 is 2.19 bits per heavy atom. The Morgan fingerprint density at radius 3 is 2.81 bits per heavy atom. The number of halogens is 4. The summed E-state index contributed by atoms with van der Waals surface area (Å²) in [7, 11) is 0. The predicted molar refractivity (Wildman–Crippen MR) is 80.9 cm³/mol. The lowest BCUT2D eigenvalue weighted by Gasteiger charge is -2.21. The van der Waals surface area contributed by atoms with Gasteiger partial charge in [-0.2, -0.15) is 18.3 Å². The van der Waals surface area contributed by atoms with Crippen LogP contribution in [-0.4, -0.2) is 30.6 Å². The first kappa shape index (κ1) is 18.2. The number of carboxylic acid groups (broad SMARTS) is 1. The molecule has 0 aromatic carbocycles. The molecule has 3 heterocycles. The predicted octanol–water partition coefficient (Wildman–Crippen LogP) is 2.69. The molecule has 8 nitrogen and oxygen atoms in total. The summed E-state index contributed by atoms with van der Waals surface area (Å²) >= 11 is 5.85.